The quantitative estimate of drug-likeness (QED) is 0.489. The molecule has 0 saturated heterocycles. The van der Waals surface area contributed by atoms with Crippen molar-refractivity contribution in [3.05, 3.63) is 83.4 Å². The van der Waals surface area contributed by atoms with E-state index in [4.69, 9.17) is 0 Å². The molecule has 0 unspecified atom stereocenters. The zero-order valence-electron chi connectivity index (χ0n) is 12.2. The molecule has 0 atom stereocenters. The lowest BCUT2D eigenvalue weighted by molar-refractivity contribution is -0.152. The van der Waals surface area contributed by atoms with Crippen molar-refractivity contribution in [2.45, 2.75) is 6.92 Å². The Kier molecular flexibility index (Phi) is 5.44. The van der Waals surface area contributed by atoms with Gasteiger partial charge in [0.2, 0.25) is 0 Å². The molecule has 3 heteroatoms. The number of rotatable bonds is 4. The summed E-state index contributed by atoms with van der Waals surface area (Å²) in [5, 5.41) is 0. The van der Waals surface area contributed by atoms with Crippen LogP contribution < -0.4 is 0 Å². The molecule has 0 aliphatic rings. The number of aryl methyl sites for hydroxylation is 1. The molecule has 0 aliphatic carbocycles. The SMILES string of the molecule is Cc1ccc(C=CC(=O)OC(=O)C=Cc2ccccc2)cc1. The minimum Gasteiger partial charge on any atom is -0.387 e. The van der Waals surface area contributed by atoms with Crippen LogP contribution in [0.25, 0.3) is 12.2 Å². The Hall–Kier alpha value is -2.94. The number of hydrogen-bond donors (Lipinski definition) is 0. The maximum absolute atomic E-state index is 11.5. The van der Waals surface area contributed by atoms with Crippen molar-refractivity contribution in [1.29, 1.82) is 0 Å². The van der Waals surface area contributed by atoms with Gasteiger partial charge in [-0.25, -0.2) is 9.59 Å². The molecule has 0 radical (unpaired) electrons. The topological polar surface area (TPSA) is 43.4 Å². The predicted octanol–water partition coefficient (Wildman–Crippen LogP) is 3.79. The minimum absolute atomic E-state index is 0.691. The Morgan fingerprint density at radius 2 is 1.27 bits per heavy atom. The molecule has 0 N–H and O–H groups in total. The van der Waals surface area contributed by atoms with Crippen molar-refractivity contribution >= 4 is 24.1 Å². The van der Waals surface area contributed by atoms with Gasteiger partial charge in [0.15, 0.2) is 0 Å². The molecule has 3 nitrogen and oxygen atoms in total. The van der Waals surface area contributed by atoms with E-state index in [0.29, 0.717) is 0 Å². The highest BCUT2D eigenvalue weighted by molar-refractivity contribution is 5.99. The van der Waals surface area contributed by atoms with Gasteiger partial charge < -0.3 is 4.74 Å². The van der Waals surface area contributed by atoms with Gasteiger partial charge in [0.25, 0.3) is 0 Å². The Labute approximate surface area is 129 Å². The summed E-state index contributed by atoms with van der Waals surface area (Å²) in [6.45, 7) is 1.99. The van der Waals surface area contributed by atoms with Crippen molar-refractivity contribution in [2.75, 3.05) is 0 Å². The number of benzene rings is 2. The van der Waals surface area contributed by atoms with Gasteiger partial charge in [-0.15, -0.1) is 0 Å². The Balaban J connectivity index is 1.87. The largest absolute Gasteiger partial charge is 0.387 e. The van der Waals surface area contributed by atoms with E-state index in [1.165, 1.54) is 12.2 Å². The second-order valence-corrected chi connectivity index (χ2v) is 4.73. The normalized spacial score (nSPS) is 11.0. The van der Waals surface area contributed by atoms with Crippen LogP contribution in [-0.2, 0) is 14.3 Å². The van der Waals surface area contributed by atoms with E-state index in [9.17, 15) is 9.59 Å². The van der Waals surface area contributed by atoms with E-state index in [2.05, 4.69) is 4.74 Å². The lowest BCUT2D eigenvalue weighted by atomic mass is 10.1. The van der Waals surface area contributed by atoms with E-state index in [0.717, 1.165) is 16.7 Å². The summed E-state index contributed by atoms with van der Waals surface area (Å²) in [6.07, 6.45) is 5.67. The number of hydrogen-bond acceptors (Lipinski definition) is 3. The van der Waals surface area contributed by atoms with Crippen LogP contribution in [-0.4, -0.2) is 11.9 Å². The van der Waals surface area contributed by atoms with Crippen LogP contribution in [0.15, 0.2) is 66.7 Å². The molecule has 110 valence electrons. The van der Waals surface area contributed by atoms with Crippen LogP contribution in [0, 0.1) is 6.92 Å². The van der Waals surface area contributed by atoms with E-state index < -0.39 is 11.9 Å². The lowest BCUT2D eigenvalue weighted by Crippen LogP contribution is -2.06. The van der Waals surface area contributed by atoms with E-state index in [1.54, 1.807) is 12.2 Å². The Morgan fingerprint density at radius 1 is 0.773 bits per heavy atom. The molecule has 0 bridgehead atoms. The summed E-state index contributed by atoms with van der Waals surface area (Å²) in [4.78, 5) is 23.1. The average molecular weight is 292 g/mol. The van der Waals surface area contributed by atoms with Crippen molar-refractivity contribution in [3.8, 4) is 0 Å². The first-order valence-corrected chi connectivity index (χ1v) is 6.87. The number of ether oxygens (including phenoxy) is 1. The van der Waals surface area contributed by atoms with Gasteiger partial charge in [-0.1, -0.05) is 60.2 Å². The van der Waals surface area contributed by atoms with Gasteiger partial charge in [0, 0.05) is 12.2 Å². The van der Waals surface area contributed by atoms with Gasteiger partial charge in [0.1, 0.15) is 0 Å². The number of carbonyl (C=O) groups excluding carboxylic acids is 2. The standard InChI is InChI=1S/C19H16O3/c1-15-7-9-17(10-8-15)12-14-19(21)22-18(20)13-11-16-5-3-2-4-6-16/h2-14H,1H3. The van der Waals surface area contributed by atoms with Crippen molar-refractivity contribution in [1.82, 2.24) is 0 Å². The van der Waals surface area contributed by atoms with Crippen LogP contribution in [0.4, 0.5) is 0 Å². The molecule has 0 spiro atoms. The molecule has 2 aromatic carbocycles. The van der Waals surface area contributed by atoms with Crippen LogP contribution in [0.3, 0.4) is 0 Å². The zero-order valence-corrected chi connectivity index (χ0v) is 12.2. The first kappa shape index (κ1) is 15.4. The van der Waals surface area contributed by atoms with Crippen LogP contribution in [0.5, 0.6) is 0 Å². The van der Waals surface area contributed by atoms with Gasteiger partial charge in [-0.05, 0) is 30.2 Å². The molecule has 0 fully saturated rings. The summed E-state index contributed by atoms with van der Waals surface area (Å²) in [7, 11) is 0. The number of esters is 2. The van der Waals surface area contributed by atoms with Gasteiger partial charge in [-0.3, -0.25) is 0 Å². The molecule has 0 heterocycles. The average Bonchev–Trinajstić information content (AvgIpc) is 2.53. The van der Waals surface area contributed by atoms with Crippen molar-refractivity contribution in [3.63, 3.8) is 0 Å². The third-order valence-electron chi connectivity index (χ3n) is 2.90. The molecule has 22 heavy (non-hydrogen) atoms. The molecular formula is C19H16O3. The summed E-state index contributed by atoms with van der Waals surface area (Å²) in [5.74, 6) is -1.38. The fourth-order valence-corrected chi connectivity index (χ4v) is 1.74. The molecule has 0 aromatic heterocycles. The fourth-order valence-electron chi connectivity index (χ4n) is 1.74. The summed E-state index contributed by atoms with van der Waals surface area (Å²) >= 11 is 0. The van der Waals surface area contributed by atoms with Gasteiger partial charge in [-0.2, -0.15) is 0 Å². The van der Waals surface area contributed by atoms with Gasteiger partial charge >= 0.3 is 11.9 Å². The first-order valence-electron chi connectivity index (χ1n) is 6.87. The predicted molar refractivity (Wildman–Crippen MR) is 86.8 cm³/mol. The maximum atomic E-state index is 11.5. The van der Waals surface area contributed by atoms with Crippen molar-refractivity contribution < 1.29 is 14.3 Å². The molecule has 0 saturated carbocycles. The summed E-state index contributed by atoms with van der Waals surface area (Å²) in [6, 6.07) is 17.0. The maximum Gasteiger partial charge on any atom is 0.338 e. The van der Waals surface area contributed by atoms with E-state index in [1.807, 2.05) is 61.5 Å². The Bertz CT molecular complexity index is 695. The van der Waals surface area contributed by atoms with Gasteiger partial charge in [0.05, 0.1) is 0 Å². The second kappa shape index (κ2) is 7.74. The molecular weight excluding hydrogens is 276 g/mol. The minimum atomic E-state index is -0.692. The smallest absolute Gasteiger partial charge is 0.338 e. The lowest BCUT2D eigenvalue weighted by Gasteiger charge is -1.96. The Morgan fingerprint density at radius 3 is 1.82 bits per heavy atom. The third kappa shape index (κ3) is 5.21. The first-order chi connectivity index (χ1) is 10.6. The van der Waals surface area contributed by atoms with Crippen LogP contribution in [0.2, 0.25) is 0 Å². The molecule has 0 amide bonds. The van der Waals surface area contributed by atoms with E-state index >= 15 is 0 Å². The fraction of sp³-hybridized carbons (Fsp3) is 0.0526. The number of carbonyl (C=O) groups is 2. The van der Waals surface area contributed by atoms with Crippen molar-refractivity contribution in [2.24, 2.45) is 0 Å². The molecule has 0 aliphatic heterocycles. The highest BCUT2D eigenvalue weighted by atomic mass is 16.6. The van der Waals surface area contributed by atoms with Crippen LogP contribution in [0.1, 0.15) is 16.7 Å². The van der Waals surface area contributed by atoms with Crippen LogP contribution >= 0.6 is 0 Å². The molecule has 2 aromatic rings. The monoisotopic (exact) mass is 292 g/mol. The zero-order chi connectivity index (χ0) is 15.8. The van der Waals surface area contributed by atoms with E-state index in [-0.39, 0.29) is 0 Å². The molecule has 2 rings (SSSR count). The highest BCUT2D eigenvalue weighted by Crippen LogP contribution is 2.05. The summed E-state index contributed by atoms with van der Waals surface area (Å²) < 4.78 is 4.67. The third-order valence-corrected chi connectivity index (χ3v) is 2.90. The summed E-state index contributed by atoms with van der Waals surface area (Å²) in [5.41, 5.74) is 2.87. The highest BCUT2D eigenvalue weighted by Gasteiger charge is 2.03. The second-order valence-electron chi connectivity index (χ2n) is 4.73.